The predicted octanol–water partition coefficient (Wildman–Crippen LogP) is 1.04. The van der Waals surface area contributed by atoms with E-state index in [1.54, 1.807) is 6.07 Å². The van der Waals surface area contributed by atoms with Crippen molar-refractivity contribution < 1.29 is 19.6 Å². The van der Waals surface area contributed by atoms with Gasteiger partial charge in [0.15, 0.2) is 5.69 Å². The van der Waals surface area contributed by atoms with Crippen LogP contribution in [-0.2, 0) is 4.79 Å². The number of hydrogen-bond acceptors (Lipinski definition) is 6. The number of carbonyl (C=O) groups is 2. The molecule has 2 N–H and O–H groups in total. The van der Waals surface area contributed by atoms with Crippen LogP contribution in [0.2, 0.25) is 0 Å². The van der Waals surface area contributed by atoms with Gasteiger partial charge in [-0.2, -0.15) is 5.10 Å². The number of nitro benzene ring substituents is 1. The molecule has 0 aliphatic heterocycles. The van der Waals surface area contributed by atoms with Gasteiger partial charge in [-0.05, 0) is 31.7 Å². The molecule has 1 fully saturated rings. The highest BCUT2D eigenvalue weighted by Crippen LogP contribution is 2.32. The molecule has 0 saturated heterocycles. The van der Waals surface area contributed by atoms with Gasteiger partial charge in [-0.25, -0.2) is 9.48 Å². The van der Waals surface area contributed by atoms with E-state index in [4.69, 9.17) is 0 Å². The molecule has 27 heavy (non-hydrogen) atoms. The summed E-state index contributed by atoms with van der Waals surface area (Å²) in [6.07, 6.45) is 1.36. The minimum Gasteiger partial charge on any atom is -0.480 e. The van der Waals surface area contributed by atoms with Crippen LogP contribution in [0.5, 0.6) is 0 Å². The zero-order chi connectivity index (χ0) is 19.7. The zero-order valence-corrected chi connectivity index (χ0v) is 14.3. The monoisotopic (exact) mass is 372 g/mol. The molecule has 0 radical (unpaired) electrons. The first-order valence-corrected chi connectivity index (χ1v) is 8.18. The lowest BCUT2D eigenvalue weighted by Crippen LogP contribution is -2.44. The number of aliphatic carboxylic acids is 1. The molecular formula is C17H16N4O6. The Morgan fingerprint density at radius 3 is 2.63 bits per heavy atom. The first-order valence-electron chi connectivity index (χ1n) is 8.18. The summed E-state index contributed by atoms with van der Waals surface area (Å²) in [7, 11) is 0. The number of rotatable bonds is 6. The van der Waals surface area contributed by atoms with Gasteiger partial charge in [0.1, 0.15) is 11.7 Å². The van der Waals surface area contributed by atoms with Gasteiger partial charge in [0.2, 0.25) is 5.43 Å². The van der Waals surface area contributed by atoms with Crippen molar-refractivity contribution in [2.45, 2.75) is 25.8 Å². The smallest absolute Gasteiger partial charge is 0.326 e. The van der Waals surface area contributed by atoms with E-state index < -0.39 is 34.0 Å². The molecular weight excluding hydrogens is 356 g/mol. The lowest BCUT2D eigenvalue weighted by Gasteiger charge is -2.14. The van der Waals surface area contributed by atoms with Crippen molar-refractivity contribution in [2.24, 2.45) is 5.92 Å². The Morgan fingerprint density at radius 1 is 1.37 bits per heavy atom. The molecule has 1 unspecified atom stereocenters. The molecule has 2 aromatic rings. The van der Waals surface area contributed by atoms with Gasteiger partial charge in [0, 0.05) is 17.8 Å². The van der Waals surface area contributed by atoms with Crippen molar-refractivity contribution in [1.82, 2.24) is 15.1 Å². The normalized spacial score (nSPS) is 14.4. The highest BCUT2D eigenvalue weighted by atomic mass is 16.6. The molecule has 1 aliphatic carbocycles. The molecule has 1 heterocycles. The third-order valence-corrected chi connectivity index (χ3v) is 4.28. The number of nitrogens with zero attached hydrogens (tertiary/aromatic N) is 3. The van der Waals surface area contributed by atoms with Crippen LogP contribution in [0.25, 0.3) is 5.69 Å². The molecule has 1 saturated carbocycles. The maximum absolute atomic E-state index is 12.4. The van der Waals surface area contributed by atoms with Crippen LogP contribution in [0.15, 0.2) is 35.1 Å². The fraction of sp³-hybridized carbons (Fsp3) is 0.294. The highest BCUT2D eigenvalue weighted by molar-refractivity contribution is 5.95. The van der Waals surface area contributed by atoms with E-state index >= 15 is 0 Å². The summed E-state index contributed by atoms with van der Waals surface area (Å²) >= 11 is 0. The van der Waals surface area contributed by atoms with Crippen molar-refractivity contribution in [3.05, 3.63) is 62.1 Å². The number of carbonyl (C=O) groups excluding carboxylic acids is 1. The third kappa shape index (κ3) is 3.68. The molecule has 3 rings (SSSR count). The summed E-state index contributed by atoms with van der Waals surface area (Å²) in [5.41, 5.74) is -1.08. The van der Waals surface area contributed by atoms with Crippen LogP contribution in [0.3, 0.4) is 0 Å². The second-order valence-electron chi connectivity index (χ2n) is 6.28. The number of benzene rings is 1. The molecule has 0 spiro atoms. The summed E-state index contributed by atoms with van der Waals surface area (Å²) < 4.78 is 1.13. The molecule has 10 nitrogen and oxygen atoms in total. The average Bonchev–Trinajstić information content (AvgIpc) is 3.44. The van der Waals surface area contributed by atoms with Gasteiger partial charge in [0.25, 0.3) is 11.6 Å². The highest BCUT2D eigenvalue weighted by Gasteiger charge is 2.38. The van der Waals surface area contributed by atoms with Crippen LogP contribution >= 0.6 is 0 Å². The zero-order valence-electron chi connectivity index (χ0n) is 14.3. The number of aryl methyl sites for hydroxylation is 1. The Kier molecular flexibility index (Phi) is 4.72. The number of carboxylic acids is 1. The molecule has 1 amide bonds. The van der Waals surface area contributed by atoms with Gasteiger partial charge in [-0.1, -0.05) is 12.1 Å². The Bertz CT molecular complexity index is 995. The van der Waals surface area contributed by atoms with Crippen molar-refractivity contribution in [2.75, 3.05) is 0 Å². The standard InChI is InChI=1S/C17H16N4O6/c1-9-8-13(22)15(16(23)18-14(17(24)25)10-6-7-10)19-20(9)11-4-2-3-5-12(11)21(26)27/h2-5,8,10,14H,6-7H2,1H3,(H,18,23)(H,24,25). The minimum atomic E-state index is -1.18. The van der Waals surface area contributed by atoms with E-state index in [1.807, 2.05) is 0 Å². The summed E-state index contributed by atoms with van der Waals surface area (Å²) in [5.74, 6) is -2.28. The minimum absolute atomic E-state index is 0.0889. The van der Waals surface area contributed by atoms with Crippen LogP contribution < -0.4 is 10.7 Å². The molecule has 1 aromatic heterocycles. The lowest BCUT2D eigenvalue weighted by molar-refractivity contribution is -0.384. The van der Waals surface area contributed by atoms with E-state index in [9.17, 15) is 29.6 Å². The number of aromatic nitrogens is 2. The van der Waals surface area contributed by atoms with Crippen LogP contribution in [0, 0.1) is 23.0 Å². The van der Waals surface area contributed by atoms with E-state index in [-0.39, 0.29) is 17.3 Å². The molecule has 140 valence electrons. The molecule has 10 heteroatoms. The lowest BCUT2D eigenvalue weighted by atomic mass is 10.2. The SMILES string of the molecule is Cc1cc(=O)c(C(=O)NC(C(=O)O)C2CC2)nn1-c1ccccc1[N+](=O)[O-]. The van der Waals surface area contributed by atoms with E-state index in [0.717, 1.165) is 10.7 Å². The topological polar surface area (TPSA) is 144 Å². The predicted molar refractivity (Wildman–Crippen MR) is 92.8 cm³/mol. The maximum atomic E-state index is 12.4. The molecule has 1 atom stereocenters. The number of para-hydroxylation sites is 2. The Balaban J connectivity index is 2.02. The van der Waals surface area contributed by atoms with Crippen molar-refractivity contribution in [3.63, 3.8) is 0 Å². The Hall–Kier alpha value is -3.56. The second kappa shape index (κ2) is 6.98. The maximum Gasteiger partial charge on any atom is 0.326 e. The van der Waals surface area contributed by atoms with Gasteiger partial charge >= 0.3 is 5.97 Å². The largest absolute Gasteiger partial charge is 0.480 e. The van der Waals surface area contributed by atoms with Crippen LogP contribution in [0.1, 0.15) is 29.0 Å². The van der Waals surface area contributed by atoms with Crippen molar-refractivity contribution >= 4 is 17.6 Å². The fourth-order valence-electron chi connectivity index (χ4n) is 2.77. The second-order valence-corrected chi connectivity index (χ2v) is 6.28. The van der Waals surface area contributed by atoms with E-state index in [2.05, 4.69) is 10.4 Å². The average molecular weight is 372 g/mol. The third-order valence-electron chi connectivity index (χ3n) is 4.28. The Labute approximate surface area is 152 Å². The van der Waals surface area contributed by atoms with Crippen molar-refractivity contribution in [1.29, 1.82) is 0 Å². The van der Waals surface area contributed by atoms with Gasteiger partial charge in [-0.3, -0.25) is 19.7 Å². The van der Waals surface area contributed by atoms with E-state index in [0.29, 0.717) is 18.5 Å². The number of amides is 1. The van der Waals surface area contributed by atoms with Crippen molar-refractivity contribution in [3.8, 4) is 5.69 Å². The molecule has 1 aliphatic rings. The van der Waals surface area contributed by atoms with Gasteiger partial charge in [-0.15, -0.1) is 0 Å². The number of carboxylic acid groups (broad SMARTS) is 1. The first-order chi connectivity index (χ1) is 12.8. The van der Waals surface area contributed by atoms with Crippen LogP contribution in [-0.4, -0.2) is 37.7 Å². The fourth-order valence-corrected chi connectivity index (χ4v) is 2.77. The summed E-state index contributed by atoms with van der Waals surface area (Å²) in [4.78, 5) is 46.6. The van der Waals surface area contributed by atoms with Gasteiger partial charge < -0.3 is 10.4 Å². The number of nitro groups is 1. The molecule has 1 aromatic carbocycles. The van der Waals surface area contributed by atoms with Gasteiger partial charge in [0.05, 0.1) is 4.92 Å². The number of nitrogens with one attached hydrogen (secondary N) is 1. The molecule has 0 bridgehead atoms. The quantitative estimate of drug-likeness (QED) is 0.569. The number of hydrogen-bond donors (Lipinski definition) is 2. The summed E-state index contributed by atoms with van der Waals surface area (Å²) in [6.45, 7) is 1.52. The summed E-state index contributed by atoms with van der Waals surface area (Å²) in [6, 6.07) is 5.80. The Morgan fingerprint density at radius 2 is 2.04 bits per heavy atom. The van der Waals surface area contributed by atoms with E-state index in [1.165, 1.54) is 25.1 Å². The summed E-state index contributed by atoms with van der Waals surface area (Å²) in [5, 5.41) is 26.8. The van der Waals surface area contributed by atoms with Crippen LogP contribution in [0.4, 0.5) is 5.69 Å². The first kappa shape index (κ1) is 18.2.